The third kappa shape index (κ3) is 2.11. The van der Waals surface area contributed by atoms with Gasteiger partial charge in [-0.1, -0.05) is 19.8 Å². The molecule has 0 bridgehead atoms. The number of carboxylic acids is 1. The standard InChI is InChI=1S/C14H22N4O2/c1-3-14(2,13(19)20)8-18-12(15-16-17-18)11-9-6-4-5-7-10(9)11/h9-11H,3-8H2,1-2H3,(H,19,20). The Labute approximate surface area is 118 Å². The molecule has 0 aliphatic heterocycles. The zero-order chi connectivity index (χ0) is 14.3. The van der Waals surface area contributed by atoms with Crippen LogP contribution in [0.4, 0.5) is 0 Å². The van der Waals surface area contributed by atoms with Gasteiger partial charge in [-0.2, -0.15) is 0 Å². The van der Waals surface area contributed by atoms with Crippen molar-refractivity contribution in [3.8, 4) is 0 Å². The Morgan fingerprint density at radius 1 is 1.40 bits per heavy atom. The lowest BCUT2D eigenvalue weighted by Crippen LogP contribution is -2.33. The van der Waals surface area contributed by atoms with E-state index in [1.807, 2.05) is 6.92 Å². The van der Waals surface area contributed by atoms with Crippen molar-refractivity contribution in [1.29, 1.82) is 0 Å². The van der Waals surface area contributed by atoms with Crippen LogP contribution in [0.1, 0.15) is 57.7 Å². The van der Waals surface area contributed by atoms with E-state index in [9.17, 15) is 9.90 Å². The Hall–Kier alpha value is -1.46. The van der Waals surface area contributed by atoms with Gasteiger partial charge in [-0.3, -0.25) is 4.79 Å². The van der Waals surface area contributed by atoms with Gasteiger partial charge in [0.1, 0.15) is 0 Å². The maximum Gasteiger partial charge on any atom is 0.311 e. The van der Waals surface area contributed by atoms with Crippen molar-refractivity contribution in [3.63, 3.8) is 0 Å². The fourth-order valence-corrected chi connectivity index (χ4v) is 3.60. The molecule has 6 heteroatoms. The van der Waals surface area contributed by atoms with E-state index in [1.54, 1.807) is 11.6 Å². The van der Waals surface area contributed by atoms with Crippen LogP contribution in [-0.4, -0.2) is 31.3 Å². The number of hydrogen-bond donors (Lipinski definition) is 1. The zero-order valence-corrected chi connectivity index (χ0v) is 12.1. The number of carbonyl (C=O) groups is 1. The first kappa shape index (κ1) is 13.5. The van der Waals surface area contributed by atoms with Crippen LogP contribution in [0.15, 0.2) is 0 Å². The molecule has 0 saturated heterocycles. The predicted molar refractivity (Wildman–Crippen MR) is 72.0 cm³/mol. The summed E-state index contributed by atoms with van der Waals surface area (Å²) >= 11 is 0. The van der Waals surface area contributed by atoms with Crippen LogP contribution < -0.4 is 0 Å². The third-order valence-corrected chi connectivity index (χ3v) is 5.31. The second-order valence-corrected chi connectivity index (χ2v) is 6.55. The average Bonchev–Trinajstić information content (AvgIpc) is 3.00. The Morgan fingerprint density at radius 2 is 2.05 bits per heavy atom. The summed E-state index contributed by atoms with van der Waals surface area (Å²) < 4.78 is 1.74. The first-order valence-corrected chi connectivity index (χ1v) is 7.56. The van der Waals surface area contributed by atoms with Gasteiger partial charge in [0.05, 0.1) is 12.0 Å². The monoisotopic (exact) mass is 278 g/mol. The second-order valence-electron chi connectivity index (χ2n) is 6.55. The summed E-state index contributed by atoms with van der Waals surface area (Å²) in [5, 5.41) is 21.4. The molecule has 0 radical (unpaired) electrons. The van der Waals surface area contributed by atoms with Gasteiger partial charge in [-0.05, 0) is 48.4 Å². The number of aliphatic carboxylic acids is 1. The molecule has 0 spiro atoms. The highest BCUT2D eigenvalue weighted by Crippen LogP contribution is 2.60. The minimum absolute atomic E-state index is 0.358. The minimum atomic E-state index is -0.801. The van der Waals surface area contributed by atoms with E-state index >= 15 is 0 Å². The Kier molecular flexibility index (Phi) is 3.26. The molecule has 2 saturated carbocycles. The molecule has 110 valence electrons. The van der Waals surface area contributed by atoms with Gasteiger partial charge in [-0.25, -0.2) is 4.68 Å². The SMILES string of the molecule is CCC(C)(Cn1nnnc1C1C2CCCCC21)C(=O)O. The van der Waals surface area contributed by atoms with Gasteiger partial charge in [0.15, 0.2) is 5.82 Å². The van der Waals surface area contributed by atoms with E-state index in [1.165, 1.54) is 25.7 Å². The number of carboxylic acid groups (broad SMARTS) is 1. The van der Waals surface area contributed by atoms with E-state index < -0.39 is 11.4 Å². The van der Waals surface area contributed by atoms with Crippen LogP contribution in [0.25, 0.3) is 0 Å². The van der Waals surface area contributed by atoms with E-state index in [2.05, 4.69) is 15.5 Å². The van der Waals surface area contributed by atoms with Crippen molar-refractivity contribution in [2.75, 3.05) is 0 Å². The molecule has 0 aromatic carbocycles. The highest BCUT2D eigenvalue weighted by Gasteiger charge is 2.54. The van der Waals surface area contributed by atoms with E-state index in [0.29, 0.717) is 18.9 Å². The zero-order valence-electron chi connectivity index (χ0n) is 12.1. The first-order chi connectivity index (χ1) is 9.57. The molecule has 3 atom stereocenters. The number of aromatic nitrogens is 4. The van der Waals surface area contributed by atoms with Gasteiger partial charge < -0.3 is 5.11 Å². The minimum Gasteiger partial charge on any atom is -0.481 e. The molecule has 0 amide bonds. The second kappa shape index (κ2) is 4.82. The summed E-state index contributed by atoms with van der Waals surface area (Å²) in [6.07, 6.45) is 5.72. The number of fused-ring (bicyclic) bond motifs is 1. The molecule has 1 heterocycles. The average molecular weight is 278 g/mol. The van der Waals surface area contributed by atoms with Crippen LogP contribution in [0.3, 0.4) is 0 Å². The van der Waals surface area contributed by atoms with Crippen molar-refractivity contribution < 1.29 is 9.90 Å². The van der Waals surface area contributed by atoms with E-state index in [-0.39, 0.29) is 0 Å². The van der Waals surface area contributed by atoms with Gasteiger partial charge >= 0.3 is 5.97 Å². The molecule has 6 nitrogen and oxygen atoms in total. The number of hydrogen-bond acceptors (Lipinski definition) is 4. The van der Waals surface area contributed by atoms with Crippen molar-refractivity contribution in [1.82, 2.24) is 20.2 Å². The molecule has 3 unspecified atom stereocenters. The van der Waals surface area contributed by atoms with Crippen molar-refractivity contribution in [2.24, 2.45) is 17.3 Å². The van der Waals surface area contributed by atoms with Crippen LogP contribution in [0.5, 0.6) is 0 Å². The molecule has 1 aromatic rings. The van der Waals surface area contributed by atoms with Crippen molar-refractivity contribution >= 4 is 5.97 Å². The molecule has 20 heavy (non-hydrogen) atoms. The van der Waals surface area contributed by atoms with E-state index in [0.717, 1.165) is 17.7 Å². The summed E-state index contributed by atoms with van der Waals surface area (Å²) in [5.41, 5.74) is -0.801. The highest BCUT2D eigenvalue weighted by molar-refractivity contribution is 5.73. The first-order valence-electron chi connectivity index (χ1n) is 7.56. The topological polar surface area (TPSA) is 80.9 Å². The molecule has 2 aliphatic carbocycles. The molecule has 3 rings (SSSR count). The summed E-state index contributed by atoms with van der Waals surface area (Å²) in [7, 11) is 0. The summed E-state index contributed by atoms with van der Waals surface area (Å²) in [5.74, 6) is 2.04. The Morgan fingerprint density at radius 3 is 2.60 bits per heavy atom. The normalized spacial score (nSPS) is 31.4. The van der Waals surface area contributed by atoms with Gasteiger partial charge in [-0.15, -0.1) is 5.10 Å². The molecule has 1 N–H and O–H groups in total. The Balaban J connectivity index is 1.79. The lowest BCUT2D eigenvalue weighted by molar-refractivity contribution is -0.149. The fraction of sp³-hybridized carbons (Fsp3) is 0.857. The molecule has 1 aromatic heterocycles. The smallest absolute Gasteiger partial charge is 0.311 e. The fourth-order valence-electron chi connectivity index (χ4n) is 3.60. The van der Waals surface area contributed by atoms with Crippen LogP contribution in [0, 0.1) is 17.3 Å². The lowest BCUT2D eigenvalue weighted by Gasteiger charge is -2.22. The maximum atomic E-state index is 11.4. The van der Waals surface area contributed by atoms with Crippen LogP contribution in [0.2, 0.25) is 0 Å². The van der Waals surface area contributed by atoms with Gasteiger partial charge in [0.2, 0.25) is 0 Å². The van der Waals surface area contributed by atoms with Crippen molar-refractivity contribution in [3.05, 3.63) is 5.82 Å². The highest BCUT2D eigenvalue weighted by atomic mass is 16.4. The predicted octanol–water partition coefficient (Wildman–Crippen LogP) is 2.08. The van der Waals surface area contributed by atoms with Gasteiger partial charge in [0, 0.05) is 5.92 Å². The largest absolute Gasteiger partial charge is 0.481 e. The van der Waals surface area contributed by atoms with Crippen LogP contribution >= 0.6 is 0 Å². The molecular formula is C14H22N4O2. The molecule has 2 aliphatic rings. The molecule has 2 fully saturated rings. The summed E-state index contributed by atoms with van der Waals surface area (Å²) in [6, 6.07) is 0. The van der Waals surface area contributed by atoms with Crippen LogP contribution in [-0.2, 0) is 11.3 Å². The van der Waals surface area contributed by atoms with Crippen molar-refractivity contribution in [2.45, 2.75) is 58.4 Å². The number of nitrogens with zero attached hydrogens (tertiary/aromatic N) is 4. The molecular weight excluding hydrogens is 256 g/mol. The lowest BCUT2D eigenvalue weighted by atomic mass is 9.88. The summed E-state index contributed by atoms with van der Waals surface area (Å²) in [6.45, 7) is 4.02. The maximum absolute atomic E-state index is 11.4. The Bertz CT molecular complexity index is 503. The van der Waals surface area contributed by atoms with Gasteiger partial charge in [0.25, 0.3) is 0 Å². The van der Waals surface area contributed by atoms with E-state index in [4.69, 9.17) is 0 Å². The number of tetrazole rings is 1. The number of rotatable bonds is 5. The summed E-state index contributed by atoms with van der Waals surface area (Å²) in [4.78, 5) is 11.4. The third-order valence-electron chi connectivity index (χ3n) is 5.31. The quantitative estimate of drug-likeness (QED) is 0.891.